The second kappa shape index (κ2) is 5.35. The Morgan fingerprint density at radius 2 is 2.20 bits per heavy atom. The molecule has 0 spiro atoms. The van der Waals surface area contributed by atoms with Gasteiger partial charge in [0.1, 0.15) is 10.6 Å². The molecule has 8 nitrogen and oxygen atoms in total. The summed E-state index contributed by atoms with van der Waals surface area (Å²) in [5.74, 6) is 0.0797. The third-order valence-electron chi connectivity index (χ3n) is 3.16. The van der Waals surface area contributed by atoms with Crippen LogP contribution < -0.4 is 10.5 Å². The number of nitro groups is 1. The van der Waals surface area contributed by atoms with Gasteiger partial charge in [-0.2, -0.15) is 4.31 Å². The van der Waals surface area contributed by atoms with Crippen molar-refractivity contribution in [1.82, 2.24) is 4.31 Å². The molecule has 2 N–H and O–H groups in total. The standard InChI is InChI=1S/C11H15N3O5S/c1-19-10-3-2-9(14(15)16)6-11(10)20(17,18)13-5-4-8(12)7-13/h2-3,6,8H,4-5,7,12H2,1H3/t8-/m0/s1. The highest BCUT2D eigenvalue weighted by Crippen LogP contribution is 2.31. The summed E-state index contributed by atoms with van der Waals surface area (Å²) in [7, 11) is -2.53. The van der Waals surface area contributed by atoms with E-state index in [4.69, 9.17) is 10.5 Å². The molecular formula is C11H15N3O5S. The van der Waals surface area contributed by atoms with E-state index in [-0.39, 0.29) is 28.9 Å². The van der Waals surface area contributed by atoms with Crippen LogP contribution >= 0.6 is 0 Å². The molecule has 0 radical (unpaired) electrons. The third kappa shape index (κ3) is 2.60. The highest BCUT2D eigenvalue weighted by Gasteiger charge is 2.34. The van der Waals surface area contributed by atoms with Gasteiger partial charge in [-0.3, -0.25) is 10.1 Å². The first-order chi connectivity index (χ1) is 9.36. The Morgan fingerprint density at radius 1 is 1.50 bits per heavy atom. The van der Waals surface area contributed by atoms with Crippen molar-refractivity contribution >= 4 is 15.7 Å². The van der Waals surface area contributed by atoms with E-state index in [1.807, 2.05) is 0 Å². The Labute approximate surface area is 116 Å². The minimum absolute atomic E-state index is 0.0797. The van der Waals surface area contributed by atoms with Crippen molar-refractivity contribution in [2.45, 2.75) is 17.4 Å². The van der Waals surface area contributed by atoms with Crippen LogP contribution in [0.15, 0.2) is 23.1 Å². The molecule has 1 aliphatic rings. The van der Waals surface area contributed by atoms with Gasteiger partial charge in [-0.05, 0) is 12.5 Å². The van der Waals surface area contributed by atoms with E-state index in [2.05, 4.69) is 0 Å². The molecule has 0 amide bonds. The Balaban J connectivity index is 2.49. The number of rotatable bonds is 4. The van der Waals surface area contributed by atoms with Gasteiger partial charge in [-0.15, -0.1) is 0 Å². The number of nitro benzene ring substituents is 1. The average Bonchev–Trinajstić information content (AvgIpc) is 2.85. The number of nitrogens with two attached hydrogens (primary N) is 1. The maximum absolute atomic E-state index is 12.5. The summed E-state index contributed by atoms with van der Waals surface area (Å²) in [4.78, 5) is 9.94. The van der Waals surface area contributed by atoms with Crippen molar-refractivity contribution in [3.05, 3.63) is 28.3 Å². The lowest BCUT2D eigenvalue weighted by Crippen LogP contribution is -2.32. The second-order valence-corrected chi connectivity index (χ2v) is 6.41. The van der Waals surface area contributed by atoms with Gasteiger partial charge in [-0.1, -0.05) is 0 Å². The summed E-state index contributed by atoms with van der Waals surface area (Å²) in [6.07, 6.45) is 0.566. The zero-order chi connectivity index (χ0) is 14.9. The molecule has 1 saturated heterocycles. The highest BCUT2D eigenvalue weighted by molar-refractivity contribution is 7.89. The van der Waals surface area contributed by atoms with E-state index >= 15 is 0 Å². The van der Waals surface area contributed by atoms with Crippen LogP contribution in [0.4, 0.5) is 5.69 Å². The number of ether oxygens (including phenoxy) is 1. The van der Waals surface area contributed by atoms with Crippen LogP contribution in [-0.2, 0) is 10.0 Å². The molecule has 1 heterocycles. The van der Waals surface area contributed by atoms with E-state index in [0.717, 1.165) is 6.07 Å². The molecule has 110 valence electrons. The van der Waals surface area contributed by atoms with Crippen LogP contribution in [0.25, 0.3) is 0 Å². The van der Waals surface area contributed by atoms with Crippen molar-refractivity contribution in [3.63, 3.8) is 0 Å². The van der Waals surface area contributed by atoms with Crippen molar-refractivity contribution in [1.29, 1.82) is 0 Å². The molecule has 1 atom stereocenters. The van der Waals surface area contributed by atoms with Gasteiger partial charge in [0, 0.05) is 31.3 Å². The molecule has 1 fully saturated rings. The lowest BCUT2D eigenvalue weighted by atomic mass is 10.3. The molecule has 0 aliphatic carbocycles. The first kappa shape index (κ1) is 14.7. The number of sulfonamides is 1. The maximum Gasteiger partial charge on any atom is 0.271 e. The molecule has 1 aromatic carbocycles. The summed E-state index contributed by atoms with van der Waals surface area (Å²) >= 11 is 0. The van der Waals surface area contributed by atoms with E-state index in [9.17, 15) is 18.5 Å². The van der Waals surface area contributed by atoms with Crippen molar-refractivity contribution in [2.75, 3.05) is 20.2 Å². The predicted molar refractivity (Wildman–Crippen MR) is 71.0 cm³/mol. The third-order valence-corrected chi connectivity index (χ3v) is 5.05. The number of methoxy groups -OCH3 is 1. The number of hydrogen-bond donors (Lipinski definition) is 1. The van der Waals surface area contributed by atoms with Gasteiger partial charge in [0.05, 0.1) is 12.0 Å². The first-order valence-electron chi connectivity index (χ1n) is 5.94. The van der Waals surface area contributed by atoms with Gasteiger partial charge in [0.2, 0.25) is 10.0 Å². The van der Waals surface area contributed by atoms with Gasteiger partial charge >= 0.3 is 0 Å². The van der Waals surface area contributed by atoms with Gasteiger partial charge in [0.15, 0.2) is 0 Å². The fraction of sp³-hybridized carbons (Fsp3) is 0.455. The molecular weight excluding hydrogens is 286 g/mol. The number of benzene rings is 1. The average molecular weight is 301 g/mol. The lowest BCUT2D eigenvalue weighted by molar-refractivity contribution is -0.385. The minimum Gasteiger partial charge on any atom is -0.495 e. The molecule has 0 bridgehead atoms. The Morgan fingerprint density at radius 3 is 2.70 bits per heavy atom. The smallest absolute Gasteiger partial charge is 0.271 e. The monoisotopic (exact) mass is 301 g/mol. The molecule has 1 aromatic rings. The Kier molecular flexibility index (Phi) is 3.93. The zero-order valence-corrected chi connectivity index (χ0v) is 11.7. The summed E-state index contributed by atoms with van der Waals surface area (Å²) in [6, 6.07) is 3.28. The lowest BCUT2D eigenvalue weighted by Gasteiger charge is -2.17. The molecule has 9 heteroatoms. The number of nitrogens with zero attached hydrogens (tertiary/aromatic N) is 2. The fourth-order valence-corrected chi connectivity index (χ4v) is 3.78. The molecule has 0 aromatic heterocycles. The minimum atomic E-state index is -3.85. The summed E-state index contributed by atoms with van der Waals surface area (Å²) in [5, 5.41) is 10.8. The predicted octanol–water partition coefficient (Wildman–Crippen LogP) is 0.325. The molecule has 0 unspecified atom stereocenters. The van der Waals surface area contributed by atoms with Gasteiger partial charge in [-0.25, -0.2) is 8.42 Å². The van der Waals surface area contributed by atoms with E-state index < -0.39 is 14.9 Å². The van der Waals surface area contributed by atoms with Crippen LogP contribution in [0.3, 0.4) is 0 Å². The van der Waals surface area contributed by atoms with Gasteiger partial charge < -0.3 is 10.5 Å². The van der Waals surface area contributed by atoms with Crippen LogP contribution in [0.2, 0.25) is 0 Å². The quantitative estimate of drug-likeness (QED) is 0.632. The van der Waals surface area contributed by atoms with Crippen molar-refractivity contribution < 1.29 is 18.1 Å². The largest absolute Gasteiger partial charge is 0.495 e. The van der Waals surface area contributed by atoms with Crippen LogP contribution in [-0.4, -0.2) is 43.9 Å². The zero-order valence-electron chi connectivity index (χ0n) is 10.9. The SMILES string of the molecule is COc1ccc([N+](=O)[O-])cc1S(=O)(=O)N1CC[C@H](N)C1. The normalized spacial score (nSPS) is 20.0. The topological polar surface area (TPSA) is 116 Å². The van der Waals surface area contributed by atoms with E-state index in [0.29, 0.717) is 13.0 Å². The molecule has 20 heavy (non-hydrogen) atoms. The second-order valence-electron chi connectivity index (χ2n) is 4.50. The van der Waals surface area contributed by atoms with Crippen LogP contribution in [0, 0.1) is 10.1 Å². The fourth-order valence-electron chi connectivity index (χ4n) is 2.09. The van der Waals surface area contributed by atoms with Crippen molar-refractivity contribution in [2.24, 2.45) is 5.73 Å². The maximum atomic E-state index is 12.5. The molecule has 0 saturated carbocycles. The Bertz CT molecular complexity index is 631. The van der Waals surface area contributed by atoms with Crippen LogP contribution in [0.5, 0.6) is 5.75 Å². The van der Waals surface area contributed by atoms with Crippen molar-refractivity contribution in [3.8, 4) is 5.75 Å². The summed E-state index contributed by atoms with van der Waals surface area (Å²) in [6.45, 7) is 0.503. The summed E-state index contributed by atoms with van der Waals surface area (Å²) in [5.41, 5.74) is 5.40. The Hall–Kier alpha value is -1.71. The van der Waals surface area contributed by atoms with E-state index in [1.54, 1.807) is 0 Å². The van der Waals surface area contributed by atoms with Gasteiger partial charge in [0.25, 0.3) is 5.69 Å². The summed E-state index contributed by atoms with van der Waals surface area (Å²) < 4.78 is 31.2. The number of hydrogen-bond acceptors (Lipinski definition) is 6. The van der Waals surface area contributed by atoms with E-state index in [1.165, 1.54) is 23.5 Å². The molecule has 2 rings (SSSR count). The highest BCUT2D eigenvalue weighted by atomic mass is 32.2. The number of non-ortho nitro benzene ring substituents is 1. The first-order valence-corrected chi connectivity index (χ1v) is 7.38. The molecule has 1 aliphatic heterocycles. The van der Waals surface area contributed by atoms with Crippen LogP contribution in [0.1, 0.15) is 6.42 Å².